The van der Waals surface area contributed by atoms with Crippen molar-refractivity contribution in [3.8, 4) is 0 Å². The summed E-state index contributed by atoms with van der Waals surface area (Å²) in [5.74, 6) is -0.153. The SMILES string of the molecule is COCCCNC(=O)c1nc(C(=O)NC(C)c2ccccc2)c2n1CCCC2. The molecule has 2 aromatic rings. The molecule has 0 spiro atoms. The van der Waals surface area contributed by atoms with Gasteiger partial charge in [0.25, 0.3) is 11.8 Å². The van der Waals surface area contributed by atoms with Crippen LogP contribution in [0.1, 0.15) is 64.6 Å². The molecule has 150 valence electrons. The third-order valence-electron chi connectivity index (χ3n) is 4.99. The molecular formula is C21H28N4O3. The molecule has 1 aliphatic heterocycles. The van der Waals surface area contributed by atoms with Crippen molar-refractivity contribution in [1.82, 2.24) is 20.2 Å². The highest BCUT2D eigenvalue weighted by molar-refractivity contribution is 5.97. The number of hydrogen-bond acceptors (Lipinski definition) is 4. The van der Waals surface area contributed by atoms with Gasteiger partial charge in [0.15, 0.2) is 5.82 Å². The molecule has 1 atom stereocenters. The van der Waals surface area contributed by atoms with E-state index in [0.29, 0.717) is 31.2 Å². The molecule has 1 aromatic carbocycles. The topological polar surface area (TPSA) is 85.2 Å². The second-order valence-electron chi connectivity index (χ2n) is 7.05. The van der Waals surface area contributed by atoms with Crippen LogP contribution in [0.3, 0.4) is 0 Å². The first kappa shape index (κ1) is 20.1. The van der Waals surface area contributed by atoms with Gasteiger partial charge in [0.1, 0.15) is 5.69 Å². The number of methoxy groups -OCH3 is 1. The minimum atomic E-state index is -0.241. The Kier molecular flexibility index (Phi) is 6.81. The number of fused-ring (bicyclic) bond motifs is 1. The van der Waals surface area contributed by atoms with E-state index >= 15 is 0 Å². The van der Waals surface area contributed by atoms with Crippen molar-refractivity contribution >= 4 is 11.8 Å². The molecule has 7 nitrogen and oxygen atoms in total. The van der Waals surface area contributed by atoms with Crippen LogP contribution in [0.2, 0.25) is 0 Å². The maximum absolute atomic E-state index is 12.9. The van der Waals surface area contributed by atoms with Gasteiger partial charge in [-0.15, -0.1) is 0 Å². The average molecular weight is 384 g/mol. The van der Waals surface area contributed by atoms with E-state index in [9.17, 15) is 9.59 Å². The second kappa shape index (κ2) is 9.50. The number of nitrogens with one attached hydrogen (secondary N) is 2. The molecule has 0 saturated heterocycles. The van der Waals surface area contributed by atoms with Crippen LogP contribution in [0.4, 0.5) is 0 Å². The van der Waals surface area contributed by atoms with Crippen molar-refractivity contribution in [3.05, 3.63) is 53.1 Å². The van der Waals surface area contributed by atoms with Gasteiger partial charge in [-0.25, -0.2) is 4.98 Å². The van der Waals surface area contributed by atoms with Gasteiger partial charge in [0, 0.05) is 26.8 Å². The number of amides is 2. The van der Waals surface area contributed by atoms with E-state index < -0.39 is 0 Å². The first-order valence-corrected chi connectivity index (χ1v) is 9.84. The number of ether oxygens (including phenoxy) is 1. The average Bonchev–Trinajstić information content (AvgIpc) is 3.11. The zero-order valence-electron chi connectivity index (χ0n) is 16.5. The standard InChI is InChI=1S/C21H28N4O3/c1-15(16-9-4-3-5-10-16)23-20(26)18-17-11-6-7-13-25(17)19(24-18)21(27)22-12-8-14-28-2/h3-5,9-10,15H,6-8,11-14H2,1-2H3,(H,22,27)(H,23,26). The van der Waals surface area contributed by atoms with Crippen LogP contribution in [0.5, 0.6) is 0 Å². The monoisotopic (exact) mass is 384 g/mol. The number of nitrogens with zero attached hydrogens (tertiary/aromatic N) is 2. The molecule has 0 bridgehead atoms. The largest absolute Gasteiger partial charge is 0.385 e. The van der Waals surface area contributed by atoms with E-state index in [1.54, 1.807) is 7.11 Å². The van der Waals surface area contributed by atoms with Crippen molar-refractivity contribution in [2.24, 2.45) is 0 Å². The number of benzene rings is 1. The van der Waals surface area contributed by atoms with Crippen LogP contribution >= 0.6 is 0 Å². The maximum Gasteiger partial charge on any atom is 0.287 e. The van der Waals surface area contributed by atoms with Gasteiger partial charge < -0.3 is 19.9 Å². The summed E-state index contributed by atoms with van der Waals surface area (Å²) < 4.78 is 6.90. The lowest BCUT2D eigenvalue weighted by Crippen LogP contribution is -2.29. The number of carbonyl (C=O) groups is 2. The lowest BCUT2D eigenvalue weighted by atomic mass is 10.1. The minimum Gasteiger partial charge on any atom is -0.385 e. The third-order valence-corrected chi connectivity index (χ3v) is 4.99. The van der Waals surface area contributed by atoms with Gasteiger partial charge in [-0.2, -0.15) is 0 Å². The fourth-order valence-corrected chi connectivity index (χ4v) is 3.49. The lowest BCUT2D eigenvalue weighted by Gasteiger charge is -2.18. The molecule has 2 heterocycles. The summed E-state index contributed by atoms with van der Waals surface area (Å²) in [6.07, 6.45) is 3.47. The molecule has 0 radical (unpaired) electrons. The summed E-state index contributed by atoms with van der Waals surface area (Å²) in [5.41, 5.74) is 2.25. The lowest BCUT2D eigenvalue weighted by molar-refractivity contribution is 0.0931. The van der Waals surface area contributed by atoms with Crippen molar-refractivity contribution in [2.75, 3.05) is 20.3 Å². The maximum atomic E-state index is 12.9. The minimum absolute atomic E-state index is 0.138. The molecule has 0 fully saturated rings. The highest BCUT2D eigenvalue weighted by atomic mass is 16.5. The van der Waals surface area contributed by atoms with Crippen molar-refractivity contribution < 1.29 is 14.3 Å². The molecule has 3 rings (SSSR count). The Hall–Kier alpha value is -2.67. The number of hydrogen-bond donors (Lipinski definition) is 2. The van der Waals surface area contributed by atoms with Crippen LogP contribution in [-0.2, 0) is 17.7 Å². The molecule has 2 N–H and O–H groups in total. The van der Waals surface area contributed by atoms with E-state index in [1.165, 1.54) is 0 Å². The van der Waals surface area contributed by atoms with E-state index in [-0.39, 0.29) is 17.9 Å². The van der Waals surface area contributed by atoms with Crippen LogP contribution in [0.25, 0.3) is 0 Å². The second-order valence-corrected chi connectivity index (χ2v) is 7.05. The fourth-order valence-electron chi connectivity index (χ4n) is 3.49. The van der Waals surface area contributed by atoms with Gasteiger partial charge in [-0.05, 0) is 38.2 Å². The van der Waals surface area contributed by atoms with Gasteiger partial charge in [-0.3, -0.25) is 9.59 Å². The zero-order valence-corrected chi connectivity index (χ0v) is 16.5. The summed E-state index contributed by atoms with van der Waals surface area (Å²) in [6, 6.07) is 9.66. The molecule has 1 aromatic heterocycles. The normalized spacial score (nSPS) is 14.2. The predicted octanol–water partition coefficient (Wildman–Crippen LogP) is 2.48. The highest BCUT2D eigenvalue weighted by Gasteiger charge is 2.28. The summed E-state index contributed by atoms with van der Waals surface area (Å²) in [7, 11) is 1.63. The zero-order chi connectivity index (χ0) is 19.9. The molecule has 0 saturated carbocycles. The first-order valence-electron chi connectivity index (χ1n) is 9.84. The molecule has 1 aliphatic rings. The number of aromatic nitrogens is 2. The summed E-state index contributed by atoms with van der Waals surface area (Å²) in [4.78, 5) is 29.9. The highest BCUT2D eigenvalue weighted by Crippen LogP contribution is 2.22. The van der Waals surface area contributed by atoms with Gasteiger partial charge in [0.05, 0.1) is 11.7 Å². The molecular weight excluding hydrogens is 356 g/mol. The smallest absolute Gasteiger partial charge is 0.287 e. The molecule has 2 amide bonds. The predicted molar refractivity (Wildman–Crippen MR) is 106 cm³/mol. The first-order chi connectivity index (χ1) is 13.6. The van der Waals surface area contributed by atoms with Gasteiger partial charge in [0.2, 0.25) is 0 Å². The van der Waals surface area contributed by atoms with Gasteiger partial charge in [-0.1, -0.05) is 30.3 Å². The summed E-state index contributed by atoms with van der Waals surface area (Å²) in [5, 5.41) is 5.88. The van der Waals surface area contributed by atoms with E-state index in [1.807, 2.05) is 41.8 Å². The van der Waals surface area contributed by atoms with Crippen LogP contribution in [0, 0.1) is 0 Å². The van der Waals surface area contributed by atoms with Crippen LogP contribution in [0.15, 0.2) is 30.3 Å². The quantitative estimate of drug-likeness (QED) is 0.685. The number of rotatable bonds is 8. The Morgan fingerprint density at radius 3 is 2.75 bits per heavy atom. The summed E-state index contributed by atoms with van der Waals surface area (Å²) in [6.45, 7) is 3.76. The van der Waals surface area contributed by atoms with E-state index in [0.717, 1.165) is 36.9 Å². The van der Waals surface area contributed by atoms with E-state index in [4.69, 9.17) is 4.74 Å². The Morgan fingerprint density at radius 1 is 1.21 bits per heavy atom. The number of imidazole rings is 1. The van der Waals surface area contributed by atoms with Crippen LogP contribution < -0.4 is 10.6 Å². The van der Waals surface area contributed by atoms with Crippen molar-refractivity contribution in [3.63, 3.8) is 0 Å². The Bertz CT molecular complexity index is 817. The third kappa shape index (κ3) is 4.59. The fraction of sp³-hybridized carbons (Fsp3) is 0.476. The molecule has 7 heteroatoms. The summed E-state index contributed by atoms with van der Waals surface area (Å²) >= 11 is 0. The molecule has 1 unspecified atom stereocenters. The molecule has 28 heavy (non-hydrogen) atoms. The van der Waals surface area contributed by atoms with Crippen molar-refractivity contribution in [2.45, 2.75) is 45.2 Å². The van der Waals surface area contributed by atoms with Crippen molar-refractivity contribution in [1.29, 1.82) is 0 Å². The number of carbonyl (C=O) groups excluding carboxylic acids is 2. The molecule has 0 aliphatic carbocycles. The van der Waals surface area contributed by atoms with E-state index in [2.05, 4.69) is 15.6 Å². The Balaban J connectivity index is 1.76. The Labute approximate surface area is 165 Å². The van der Waals surface area contributed by atoms with Crippen LogP contribution in [-0.4, -0.2) is 41.6 Å². The Morgan fingerprint density at radius 2 is 2.00 bits per heavy atom. The van der Waals surface area contributed by atoms with Gasteiger partial charge >= 0.3 is 0 Å².